The van der Waals surface area contributed by atoms with E-state index in [1.165, 1.54) is 11.6 Å². The van der Waals surface area contributed by atoms with E-state index in [-0.39, 0.29) is 5.91 Å². The fourth-order valence-corrected chi connectivity index (χ4v) is 2.96. The van der Waals surface area contributed by atoms with Crippen molar-refractivity contribution in [1.29, 1.82) is 0 Å². The molecule has 0 spiro atoms. The van der Waals surface area contributed by atoms with Crippen LogP contribution in [0.25, 0.3) is 22.4 Å². The van der Waals surface area contributed by atoms with E-state index >= 15 is 0 Å². The van der Waals surface area contributed by atoms with Crippen molar-refractivity contribution >= 4 is 5.91 Å². The number of nitrogens with one attached hydrogen (secondary N) is 1. The predicted octanol–water partition coefficient (Wildman–Crippen LogP) is 3.97. The number of amides is 1. The Morgan fingerprint density at radius 3 is 2.64 bits per heavy atom. The van der Waals surface area contributed by atoms with Gasteiger partial charge in [0.15, 0.2) is 0 Å². The van der Waals surface area contributed by atoms with Crippen LogP contribution in [0.1, 0.15) is 11.1 Å². The van der Waals surface area contributed by atoms with E-state index in [1.807, 2.05) is 23.0 Å². The third-order valence-corrected chi connectivity index (χ3v) is 4.57. The van der Waals surface area contributed by atoms with Crippen LogP contribution in [0.5, 0.6) is 0 Å². The van der Waals surface area contributed by atoms with Crippen molar-refractivity contribution in [1.82, 2.24) is 15.1 Å². The Labute approximate surface area is 165 Å². The van der Waals surface area contributed by atoms with E-state index in [0.29, 0.717) is 19.7 Å². The number of carbonyl (C=O) groups is 1. The molecule has 1 heterocycles. The second-order valence-corrected chi connectivity index (χ2v) is 6.62. The van der Waals surface area contributed by atoms with E-state index in [0.717, 1.165) is 27.9 Å². The summed E-state index contributed by atoms with van der Waals surface area (Å²) < 4.78 is 7.00. The number of benzene rings is 2. The number of hydrogen-bond acceptors (Lipinski definition) is 3. The normalized spacial score (nSPS) is 10.6. The molecule has 0 bridgehead atoms. The van der Waals surface area contributed by atoms with Crippen molar-refractivity contribution in [2.24, 2.45) is 0 Å². The SMILES string of the molecule is C=CC(=O)NCc1ccc(-c2ccc(C)cc2)cc1-c1ccn(CCOC)n1. The van der Waals surface area contributed by atoms with E-state index < -0.39 is 0 Å². The zero-order chi connectivity index (χ0) is 19.9. The second kappa shape index (κ2) is 9.15. The molecule has 5 heteroatoms. The lowest BCUT2D eigenvalue weighted by Gasteiger charge is -2.12. The number of hydrogen-bond donors (Lipinski definition) is 1. The standard InChI is InChI=1S/C23H25N3O2/c1-4-23(27)24-16-20-10-9-19(18-7-5-17(2)6-8-18)15-21(20)22-11-12-26(25-22)13-14-28-3/h4-12,15H,1,13-14,16H2,2-3H3,(H,24,27). The molecule has 0 unspecified atom stereocenters. The van der Waals surface area contributed by atoms with E-state index in [2.05, 4.69) is 60.3 Å². The van der Waals surface area contributed by atoms with E-state index in [9.17, 15) is 4.79 Å². The minimum absolute atomic E-state index is 0.195. The zero-order valence-corrected chi connectivity index (χ0v) is 16.3. The molecule has 2 aromatic carbocycles. The minimum Gasteiger partial charge on any atom is -0.383 e. The van der Waals surface area contributed by atoms with Crippen molar-refractivity contribution < 1.29 is 9.53 Å². The first kappa shape index (κ1) is 19.6. The maximum Gasteiger partial charge on any atom is 0.243 e. The van der Waals surface area contributed by atoms with Gasteiger partial charge in [0.2, 0.25) is 5.91 Å². The lowest BCUT2D eigenvalue weighted by atomic mass is 9.97. The molecule has 0 radical (unpaired) electrons. The van der Waals surface area contributed by atoms with Crippen molar-refractivity contribution in [2.45, 2.75) is 20.0 Å². The molecule has 0 saturated heterocycles. The molecule has 0 aliphatic heterocycles. The summed E-state index contributed by atoms with van der Waals surface area (Å²) in [6.07, 6.45) is 3.22. The topological polar surface area (TPSA) is 56.2 Å². The van der Waals surface area contributed by atoms with Crippen LogP contribution in [0, 0.1) is 6.92 Å². The van der Waals surface area contributed by atoms with Crippen molar-refractivity contribution in [2.75, 3.05) is 13.7 Å². The second-order valence-electron chi connectivity index (χ2n) is 6.62. The molecule has 3 rings (SSSR count). The highest BCUT2D eigenvalue weighted by atomic mass is 16.5. The predicted molar refractivity (Wildman–Crippen MR) is 112 cm³/mol. The molecule has 1 N–H and O–H groups in total. The molecule has 0 atom stereocenters. The molecule has 28 heavy (non-hydrogen) atoms. The largest absolute Gasteiger partial charge is 0.383 e. The monoisotopic (exact) mass is 375 g/mol. The number of methoxy groups -OCH3 is 1. The summed E-state index contributed by atoms with van der Waals surface area (Å²) in [6, 6.07) is 16.7. The van der Waals surface area contributed by atoms with Crippen molar-refractivity contribution in [3.8, 4) is 22.4 Å². The third kappa shape index (κ3) is 4.75. The Hall–Kier alpha value is -3.18. The average molecular weight is 375 g/mol. The van der Waals surface area contributed by atoms with Crippen LogP contribution >= 0.6 is 0 Å². The summed E-state index contributed by atoms with van der Waals surface area (Å²) in [7, 11) is 1.68. The Kier molecular flexibility index (Phi) is 6.40. The zero-order valence-electron chi connectivity index (χ0n) is 16.3. The summed E-state index contributed by atoms with van der Waals surface area (Å²) in [5.41, 5.74) is 6.35. The summed E-state index contributed by atoms with van der Waals surface area (Å²) in [5, 5.41) is 7.53. The number of ether oxygens (including phenoxy) is 1. The van der Waals surface area contributed by atoms with Gasteiger partial charge >= 0.3 is 0 Å². The minimum atomic E-state index is -0.195. The van der Waals surface area contributed by atoms with Gasteiger partial charge in [-0.3, -0.25) is 9.48 Å². The van der Waals surface area contributed by atoms with Crippen LogP contribution in [0.3, 0.4) is 0 Å². The van der Waals surface area contributed by atoms with Crippen LogP contribution < -0.4 is 5.32 Å². The molecule has 0 fully saturated rings. The molecular formula is C23H25N3O2. The van der Waals surface area contributed by atoms with Gasteiger partial charge in [0.05, 0.1) is 18.8 Å². The number of aromatic nitrogens is 2. The molecule has 144 valence electrons. The number of aryl methyl sites for hydroxylation is 1. The van der Waals surface area contributed by atoms with Gasteiger partial charge in [-0.25, -0.2) is 0 Å². The number of rotatable bonds is 8. The highest BCUT2D eigenvalue weighted by Crippen LogP contribution is 2.29. The Bertz CT molecular complexity index is 958. The van der Waals surface area contributed by atoms with Crippen molar-refractivity contribution in [3.05, 3.63) is 78.5 Å². The first-order valence-corrected chi connectivity index (χ1v) is 9.23. The Morgan fingerprint density at radius 2 is 1.93 bits per heavy atom. The first-order valence-electron chi connectivity index (χ1n) is 9.23. The van der Waals surface area contributed by atoms with Crippen LogP contribution in [-0.2, 0) is 22.6 Å². The van der Waals surface area contributed by atoms with Gasteiger partial charge in [-0.15, -0.1) is 0 Å². The van der Waals surface area contributed by atoms with Crippen LogP contribution in [0.4, 0.5) is 0 Å². The molecule has 1 amide bonds. The van der Waals surface area contributed by atoms with Gasteiger partial charge in [-0.05, 0) is 41.8 Å². The molecule has 0 aliphatic rings. The van der Waals surface area contributed by atoms with Crippen LogP contribution in [0.2, 0.25) is 0 Å². The average Bonchev–Trinajstić information content (AvgIpc) is 3.19. The third-order valence-electron chi connectivity index (χ3n) is 4.57. The highest BCUT2D eigenvalue weighted by molar-refractivity contribution is 5.87. The molecule has 1 aromatic heterocycles. The van der Waals surface area contributed by atoms with Gasteiger partial charge in [-0.2, -0.15) is 5.10 Å². The number of carbonyl (C=O) groups excluding carboxylic acids is 1. The summed E-state index contributed by atoms with van der Waals surface area (Å²) in [6.45, 7) is 7.29. The van der Waals surface area contributed by atoms with Crippen LogP contribution in [-0.4, -0.2) is 29.4 Å². The van der Waals surface area contributed by atoms with Gasteiger partial charge in [0.1, 0.15) is 0 Å². The maximum atomic E-state index is 11.6. The van der Waals surface area contributed by atoms with Crippen LogP contribution in [0.15, 0.2) is 67.4 Å². The first-order chi connectivity index (χ1) is 13.6. The van der Waals surface area contributed by atoms with Gasteiger partial charge < -0.3 is 10.1 Å². The molecule has 5 nitrogen and oxygen atoms in total. The molecule has 3 aromatic rings. The Morgan fingerprint density at radius 1 is 1.18 bits per heavy atom. The lowest BCUT2D eigenvalue weighted by molar-refractivity contribution is -0.116. The van der Waals surface area contributed by atoms with Gasteiger partial charge in [-0.1, -0.05) is 48.5 Å². The van der Waals surface area contributed by atoms with E-state index in [1.54, 1.807) is 7.11 Å². The fourth-order valence-electron chi connectivity index (χ4n) is 2.96. The lowest BCUT2D eigenvalue weighted by Crippen LogP contribution is -2.20. The number of nitrogens with zero attached hydrogens (tertiary/aromatic N) is 2. The smallest absolute Gasteiger partial charge is 0.243 e. The summed E-state index contributed by atoms with van der Waals surface area (Å²) in [5.74, 6) is -0.195. The highest BCUT2D eigenvalue weighted by Gasteiger charge is 2.11. The quantitative estimate of drug-likeness (QED) is 0.606. The summed E-state index contributed by atoms with van der Waals surface area (Å²) in [4.78, 5) is 11.6. The maximum absolute atomic E-state index is 11.6. The molecule has 0 saturated carbocycles. The molecular weight excluding hydrogens is 350 g/mol. The van der Waals surface area contributed by atoms with E-state index in [4.69, 9.17) is 4.74 Å². The van der Waals surface area contributed by atoms with Gasteiger partial charge in [0.25, 0.3) is 0 Å². The van der Waals surface area contributed by atoms with Crippen molar-refractivity contribution in [3.63, 3.8) is 0 Å². The van der Waals surface area contributed by atoms with Gasteiger partial charge in [0, 0.05) is 25.4 Å². The fraction of sp³-hybridized carbons (Fsp3) is 0.217. The Balaban J connectivity index is 1.97. The molecule has 0 aliphatic carbocycles. The summed E-state index contributed by atoms with van der Waals surface area (Å²) >= 11 is 0.